The first-order valence-corrected chi connectivity index (χ1v) is 15.3. The number of carbonyl (C=O) groups is 1. The van der Waals surface area contributed by atoms with Crippen LogP contribution in [0, 0.1) is 17.7 Å². The second kappa shape index (κ2) is 9.74. The second-order valence-corrected chi connectivity index (χ2v) is 13.7. The van der Waals surface area contributed by atoms with Crippen LogP contribution in [-0.2, 0) is 16.9 Å². The van der Waals surface area contributed by atoms with Gasteiger partial charge < -0.3 is 19.5 Å². The van der Waals surface area contributed by atoms with Gasteiger partial charge in [0.15, 0.2) is 5.82 Å². The maximum absolute atomic E-state index is 14.7. The Kier molecular flexibility index (Phi) is 6.48. The van der Waals surface area contributed by atoms with E-state index in [2.05, 4.69) is 17.1 Å². The molecule has 11 heteroatoms. The average Bonchev–Trinajstić information content (AvgIpc) is 3.48. The Balaban J connectivity index is 1.16. The summed E-state index contributed by atoms with van der Waals surface area (Å²) in [5.41, 5.74) is 0.277. The average molecular weight is 618 g/mol. The third-order valence-electron chi connectivity index (χ3n) is 9.03. The van der Waals surface area contributed by atoms with E-state index >= 15 is 0 Å². The molecule has 3 aliphatic carbocycles. The highest BCUT2D eigenvalue weighted by atomic mass is 35.5. The largest absolute Gasteiger partial charge is 0.478 e. The molecule has 3 saturated carbocycles. The van der Waals surface area contributed by atoms with E-state index in [1.165, 1.54) is 17.4 Å². The molecule has 7 nitrogen and oxygen atoms in total. The highest BCUT2D eigenvalue weighted by molar-refractivity contribution is 7.18. The Morgan fingerprint density at radius 3 is 2.49 bits per heavy atom. The van der Waals surface area contributed by atoms with Gasteiger partial charge in [0.1, 0.15) is 27.6 Å². The lowest BCUT2D eigenvalue weighted by Crippen LogP contribution is -2.49. The van der Waals surface area contributed by atoms with Crippen LogP contribution in [0.25, 0.3) is 21.5 Å². The van der Waals surface area contributed by atoms with E-state index in [-0.39, 0.29) is 29.5 Å². The van der Waals surface area contributed by atoms with Gasteiger partial charge >= 0.3 is 5.97 Å². The van der Waals surface area contributed by atoms with Crippen molar-refractivity contribution in [3.8, 4) is 11.3 Å². The minimum Gasteiger partial charge on any atom is -0.478 e. The molecule has 214 valence electrons. The van der Waals surface area contributed by atoms with Crippen LogP contribution in [0.4, 0.5) is 4.39 Å². The summed E-state index contributed by atoms with van der Waals surface area (Å²) in [7, 11) is 0. The van der Waals surface area contributed by atoms with Crippen LogP contribution in [0.5, 0.6) is 0 Å². The van der Waals surface area contributed by atoms with Crippen molar-refractivity contribution in [1.82, 2.24) is 10.1 Å². The number of hydrogen-bond donors (Lipinski definition) is 2. The molecule has 3 fully saturated rings. The summed E-state index contributed by atoms with van der Waals surface area (Å²) in [6, 6.07) is 7.73. The van der Waals surface area contributed by atoms with Crippen LogP contribution in [0.2, 0.25) is 10.0 Å². The van der Waals surface area contributed by atoms with Crippen molar-refractivity contribution < 1.29 is 28.7 Å². The summed E-state index contributed by atoms with van der Waals surface area (Å²) < 4.78 is 27.6. The lowest BCUT2D eigenvalue weighted by molar-refractivity contribution is -0.158. The summed E-state index contributed by atoms with van der Waals surface area (Å²) in [5, 5.41) is 27.2. The van der Waals surface area contributed by atoms with Crippen molar-refractivity contribution in [2.45, 2.75) is 69.2 Å². The van der Waals surface area contributed by atoms with Gasteiger partial charge in [-0.05, 0) is 81.5 Å². The molecule has 4 atom stereocenters. The number of ether oxygens (including phenoxy) is 1. The lowest BCUT2D eigenvalue weighted by Gasteiger charge is -2.46. The molecule has 0 amide bonds. The van der Waals surface area contributed by atoms with Gasteiger partial charge in [-0.2, -0.15) is 0 Å². The standard InChI is InChI=1S/C30H27Cl2FN2O5S/c1-29(39-13-18-24(35-40-26(18)14-5-6-14)23-19(31)3-2-4-20(23)32)11-16-7-8-17(12-29)30(16,38)28-34-25-21(33)9-15(27(36)37)10-22(25)41-28/h2-4,9-10,14,16-17,38H,5-8,11-13H2,1H3,(H,36,37)/t16-,17+,29?,30-. The zero-order chi connectivity index (χ0) is 28.7. The molecule has 0 aliphatic heterocycles. The van der Waals surface area contributed by atoms with Crippen LogP contribution in [0.3, 0.4) is 0 Å². The van der Waals surface area contributed by atoms with Crippen molar-refractivity contribution in [2.24, 2.45) is 11.8 Å². The van der Waals surface area contributed by atoms with E-state index in [9.17, 15) is 19.4 Å². The molecule has 0 saturated heterocycles. The van der Waals surface area contributed by atoms with Gasteiger partial charge in [0.25, 0.3) is 0 Å². The maximum Gasteiger partial charge on any atom is 0.335 e. The van der Waals surface area contributed by atoms with E-state index in [0.717, 1.165) is 43.1 Å². The first-order chi connectivity index (χ1) is 19.6. The molecule has 1 unspecified atom stereocenters. The smallest absolute Gasteiger partial charge is 0.335 e. The fourth-order valence-corrected chi connectivity index (χ4v) is 8.71. The molecule has 2 aromatic heterocycles. The fourth-order valence-electron chi connectivity index (χ4n) is 6.86. The minimum atomic E-state index is -1.23. The molecule has 2 N–H and O–H groups in total. The zero-order valence-electron chi connectivity index (χ0n) is 22.1. The van der Waals surface area contributed by atoms with E-state index in [0.29, 0.717) is 49.8 Å². The number of aromatic nitrogens is 2. The van der Waals surface area contributed by atoms with Crippen LogP contribution in [0.1, 0.15) is 78.1 Å². The van der Waals surface area contributed by atoms with Crippen molar-refractivity contribution in [1.29, 1.82) is 0 Å². The minimum absolute atomic E-state index is 0.0956. The monoisotopic (exact) mass is 616 g/mol. The quantitative estimate of drug-likeness (QED) is 0.217. The molecule has 7 rings (SSSR count). The molecule has 2 heterocycles. The second-order valence-electron chi connectivity index (χ2n) is 11.8. The highest BCUT2D eigenvalue weighted by Gasteiger charge is 2.59. The Morgan fingerprint density at radius 1 is 1.17 bits per heavy atom. The zero-order valence-corrected chi connectivity index (χ0v) is 24.5. The molecular weight excluding hydrogens is 590 g/mol. The number of aliphatic hydroxyl groups is 1. The number of aromatic carboxylic acids is 1. The normalized spacial score (nSPS) is 27.5. The van der Waals surface area contributed by atoms with Gasteiger partial charge in [-0.15, -0.1) is 11.3 Å². The predicted molar refractivity (Wildman–Crippen MR) is 153 cm³/mol. The van der Waals surface area contributed by atoms with E-state index in [1.807, 2.05) is 0 Å². The van der Waals surface area contributed by atoms with Crippen molar-refractivity contribution in [3.63, 3.8) is 0 Å². The van der Waals surface area contributed by atoms with Crippen molar-refractivity contribution in [2.75, 3.05) is 0 Å². The van der Waals surface area contributed by atoms with Crippen molar-refractivity contribution in [3.05, 3.63) is 68.1 Å². The number of halogens is 3. The summed E-state index contributed by atoms with van der Waals surface area (Å²) in [6.07, 6.45) is 4.82. The fraction of sp³-hybridized carbons (Fsp3) is 0.433. The topological polar surface area (TPSA) is 106 Å². The summed E-state index contributed by atoms with van der Waals surface area (Å²) in [6.45, 7) is 2.34. The van der Waals surface area contributed by atoms with Gasteiger partial charge in [0, 0.05) is 17.0 Å². The van der Waals surface area contributed by atoms with Gasteiger partial charge in [0.05, 0.1) is 32.5 Å². The summed E-state index contributed by atoms with van der Waals surface area (Å²) in [5.74, 6) is -1.07. The third-order valence-corrected chi connectivity index (χ3v) is 10.8. The van der Waals surface area contributed by atoms with Crippen LogP contribution >= 0.6 is 34.5 Å². The summed E-state index contributed by atoms with van der Waals surface area (Å²) in [4.78, 5) is 15.9. The number of rotatable bonds is 7. The maximum atomic E-state index is 14.7. The molecule has 41 heavy (non-hydrogen) atoms. The van der Waals surface area contributed by atoms with Crippen LogP contribution in [0.15, 0.2) is 34.9 Å². The molecule has 4 aromatic rings. The Morgan fingerprint density at radius 2 is 1.85 bits per heavy atom. The first-order valence-electron chi connectivity index (χ1n) is 13.7. The molecule has 2 bridgehead atoms. The highest BCUT2D eigenvalue weighted by Crippen LogP contribution is 2.59. The number of nitrogens with zero attached hydrogens (tertiary/aromatic N) is 2. The molecule has 3 aliphatic rings. The number of hydrogen-bond acceptors (Lipinski definition) is 7. The van der Waals surface area contributed by atoms with Gasteiger partial charge in [-0.3, -0.25) is 0 Å². The molecular formula is C30H27Cl2FN2O5S. The number of carboxylic acid groups (broad SMARTS) is 1. The number of thiazole rings is 1. The SMILES string of the molecule is CC1(OCc2c(-c3c(Cl)cccc3Cl)noc2C2CC2)C[C@H]2CC[C@@H](C1)[C@@]2(O)c1nc2c(F)cc(C(=O)O)cc2s1. The van der Waals surface area contributed by atoms with E-state index in [4.69, 9.17) is 32.5 Å². The first kappa shape index (κ1) is 27.3. The van der Waals surface area contributed by atoms with Crippen LogP contribution in [-0.4, -0.2) is 31.9 Å². The van der Waals surface area contributed by atoms with Gasteiger partial charge in [-0.1, -0.05) is 34.4 Å². The molecule has 0 spiro atoms. The Bertz CT molecular complexity index is 1670. The van der Waals surface area contributed by atoms with Gasteiger partial charge in [-0.25, -0.2) is 14.2 Å². The van der Waals surface area contributed by atoms with E-state index in [1.54, 1.807) is 18.2 Å². The molecule has 0 radical (unpaired) electrons. The van der Waals surface area contributed by atoms with E-state index < -0.39 is 23.0 Å². The number of benzene rings is 2. The number of fused-ring (bicyclic) bond motifs is 3. The lowest BCUT2D eigenvalue weighted by atomic mass is 9.68. The van der Waals surface area contributed by atoms with Gasteiger partial charge in [0.2, 0.25) is 0 Å². The molecule has 2 aromatic carbocycles. The van der Waals surface area contributed by atoms with Crippen LogP contribution < -0.4 is 0 Å². The Hall–Kier alpha value is -2.56. The predicted octanol–water partition coefficient (Wildman–Crippen LogP) is 7.96. The third kappa shape index (κ3) is 4.48. The van der Waals surface area contributed by atoms with Crippen molar-refractivity contribution >= 4 is 50.7 Å². The Labute approximate surface area is 249 Å². The summed E-state index contributed by atoms with van der Waals surface area (Å²) >= 11 is 14.2. The number of carboxylic acids is 1.